The molecule has 8 nitrogen and oxygen atoms in total. The van der Waals surface area contributed by atoms with Gasteiger partial charge in [-0.05, 0) is 36.4 Å². The lowest BCUT2D eigenvalue weighted by molar-refractivity contribution is 0.384. The normalized spacial score (nSPS) is 15.3. The van der Waals surface area contributed by atoms with Gasteiger partial charge in [0.25, 0.3) is 0 Å². The molecule has 0 N–H and O–H groups in total. The fourth-order valence-corrected chi connectivity index (χ4v) is 5.20. The first kappa shape index (κ1) is 18.5. The van der Waals surface area contributed by atoms with E-state index < -0.39 is 10.0 Å². The molecule has 1 aromatic carbocycles. The van der Waals surface area contributed by atoms with Crippen LogP contribution in [0, 0.1) is 11.3 Å². The molecule has 10 heteroatoms. The van der Waals surface area contributed by atoms with Gasteiger partial charge in [-0.15, -0.1) is 10.2 Å². The minimum atomic E-state index is -3.58. The minimum absolute atomic E-state index is 0.202. The van der Waals surface area contributed by atoms with E-state index in [0.29, 0.717) is 31.7 Å². The molecule has 2 aromatic heterocycles. The van der Waals surface area contributed by atoms with Crippen molar-refractivity contribution in [1.82, 2.24) is 19.5 Å². The maximum Gasteiger partial charge on any atom is 0.243 e. The van der Waals surface area contributed by atoms with Crippen molar-refractivity contribution >= 4 is 26.5 Å². The highest BCUT2D eigenvalue weighted by molar-refractivity contribution is 7.89. The Hall–Kier alpha value is -2.87. The number of nitriles is 1. The second-order valence-electron chi connectivity index (χ2n) is 6.13. The zero-order valence-electron chi connectivity index (χ0n) is 14.8. The van der Waals surface area contributed by atoms with Gasteiger partial charge < -0.3 is 4.90 Å². The molecule has 28 heavy (non-hydrogen) atoms. The second kappa shape index (κ2) is 7.63. The summed E-state index contributed by atoms with van der Waals surface area (Å²) < 4.78 is 27.1. The van der Waals surface area contributed by atoms with Gasteiger partial charge in [0.2, 0.25) is 15.2 Å². The molecule has 0 radical (unpaired) electrons. The Kier molecular flexibility index (Phi) is 5.04. The molecule has 0 bridgehead atoms. The molecular formula is C18H16N6O2S2. The van der Waals surface area contributed by atoms with Crippen LogP contribution in [0.15, 0.2) is 53.6 Å². The molecule has 0 aliphatic carbocycles. The third-order valence-corrected chi connectivity index (χ3v) is 7.35. The van der Waals surface area contributed by atoms with E-state index in [9.17, 15) is 8.42 Å². The maximum absolute atomic E-state index is 12.8. The van der Waals surface area contributed by atoms with Gasteiger partial charge in [0.05, 0.1) is 16.5 Å². The molecule has 1 aliphatic rings. The Morgan fingerprint density at radius 1 is 1.00 bits per heavy atom. The van der Waals surface area contributed by atoms with Crippen molar-refractivity contribution in [2.24, 2.45) is 0 Å². The molecule has 142 valence electrons. The molecule has 0 saturated carbocycles. The molecule has 0 unspecified atom stereocenters. The van der Waals surface area contributed by atoms with Crippen LogP contribution in [-0.4, -0.2) is 54.1 Å². The van der Waals surface area contributed by atoms with Gasteiger partial charge in [0.1, 0.15) is 5.69 Å². The van der Waals surface area contributed by atoms with E-state index in [-0.39, 0.29) is 4.90 Å². The number of hydrogen-bond donors (Lipinski definition) is 0. The topological polar surface area (TPSA) is 103 Å². The van der Waals surface area contributed by atoms with Crippen LogP contribution in [0.3, 0.4) is 0 Å². The third kappa shape index (κ3) is 3.60. The molecule has 1 aliphatic heterocycles. The minimum Gasteiger partial charge on any atom is -0.344 e. The van der Waals surface area contributed by atoms with E-state index in [4.69, 9.17) is 5.26 Å². The number of rotatable bonds is 4. The lowest BCUT2D eigenvalue weighted by Gasteiger charge is -2.33. The number of piperazine rings is 1. The standard InChI is InChI=1S/C18H16N6O2S2/c19-13-14-4-6-15(7-5-14)28(25,26)24-11-9-23(10-12-24)18-22-21-17(27-18)16-3-1-2-8-20-16/h1-8H,9-12H2. The van der Waals surface area contributed by atoms with Crippen molar-refractivity contribution in [3.8, 4) is 16.8 Å². The monoisotopic (exact) mass is 412 g/mol. The highest BCUT2D eigenvalue weighted by Gasteiger charge is 2.29. The number of pyridine rings is 1. The summed E-state index contributed by atoms with van der Waals surface area (Å²) in [6, 6.07) is 13.6. The lowest BCUT2D eigenvalue weighted by Crippen LogP contribution is -2.48. The van der Waals surface area contributed by atoms with E-state index in [1.165, 1.54) is 39.9 Å². The Morgan fingerprint density at radius 3 is 2.39 bits per heavy atom. The van der Waals surface area contributed by atoms with Crippen LogP contribution < -0.4 is 4.90 Å². The summed E-state index contributed by atoms with van der Waals surface area (Å²) in [5.74, 6) is 0. The van der Waals surface area contributed by atoms with Crippen molar-refractivity contribution in [2.75, 3.05) is 31.1 Å². The van der Waals surface area contributed by atoms with E-state index in [1.807, 2.05) is 29.2 Å². The van der Waals surface area contributed by atoms with Crippen LogP contribution in [0.2, 0.25) is 0 Å². The highest BCUT2D eigenvalue weighted by atomic mass is 32.2. The number of sulfonamides is 1. The van der Waals surface area contributed by atoms with Crippen molar-refractivity contribution in [3.05, 3.63) is 54.2 Å². The maximum atomic E-state index is 12.8. The van der Waals surface area contributed by atoms with Crippen LogP contribution in [0.4, 0.5) is 5.13 Å². The second-order valence-corrected chi connectivity index (χ2v) is 9.03. The Labute approximate surface area is 166 Å². The molecule has 1 fully saturated rings. The number of aromatic nitrogens is 3. The Morgan fingerprint density at radius 2 is 1.75 bits per heavy atom. The zero-order valence-corrected chi connectivity index (χ0v) is 16.4. The first-order valence-corrected chi connectivity index (χ1v) is 10.8. The van der Waals surface area contributed by atoms with Crippen LogP contribution in [0.5, 0.6) is 0 Å². The summed E-state index contributed by atoms with van der Waals surface area (Å²) >= 11 is 1.44. The smallest absolute Gasteiger partial charge is 0.243 e. The van der Waals surface area contributed by atoms with Crippen molar-refractivity contribution in [2.45, 2.75) is 4.90 Å². The number of benzene rings is 1. The van der Waals surface area contributed by atoms with Gasteiger partial charge in [-0.1, -0.05) is 17.4 Å². The van der Waals surface area contributed by atoms with Crippen LogP contribution in [0.25, 0.3) is 10.7 Å². The summed E-state index contributed by atoms with van der Waals surface area (Å²) in [5, 5.41) is 18.8. The fraction of sp³-hybridized carbons (Fsp3) is 0.222. The lowest BCUT2D eigenvalue weighted by atomic mass is 10.2. The third-order valence-electron chi connectivity index (χ3n) is 4.43. The van der Waals surface area contributed by atoms with Gasteiger partial charge in [-0.3, -0.25) is 4.98 Å². The van der Waals surface area contributed by atoms with Crippen molar-refractivity contribution < 1.29 is 8.42 Å². The molecule has 3 heterocycles. The Bertz CT molecular complexity index is 1100. The molecule has 0 atom stereocenters. The molecule has 4 rings (SSSR count). The fourth-order valence-electron chi connectivity index (χ4n) is 2.91. The predicted octanol–water partition coefficient (Wildman–Crippen LogP) is 1.98. The van der Waals surface area contributed by atoms with Gasteiger partial charge in [0, 0.05) is 32.4 Å². The van der Waals surface area contributed by atoms with E-state index in [2.05, 4.69) is 15.2 Å². The van der Waals surface area contributed by atoms with E-state index >= 15 is 0 Å². The zero-order chi connectivity index (χ0) is 19.6. The summed E-state index contributed by atoms with van der Waals surface area (Å²) in [4.78, 5) is 6.52. The summed E-state index contributed by atoms with van der Waals surface area (Å²) in [6.07, 6.45) is 1.71. The van der Waals surface area contributed by atoms with Crippen molar-refractivity contribution in [1.29, 1.82) is 5.26 Å². The number of nitrogens with zero attached hydrogens (tertiary/aromatic N) is 6. The molecule has 1 saturated heterocycles. The Balaban J connectivity index is 1.44. The van der Waals surface area contributed by atoms with Crippen molar-refractivity contribution in [3.63, 3.8) is 0 Å². The highest BCUT2D eigenvalue weighted by Crippen LogP contribution is 2.28. The SMILES string of the molecule is N#Cc1ccc(S(=O)(=O)N2CCN(c3nnc(-c4ccccn4)s3)CC2)cc1. The summed E-state index contributed by atoms with van der Waals surface area (Å²) in [6.45, 7) is 1.79. The largest absolute Gasteiger partial charge is 0.344 e. The number of hydrogen-bond acceptors (Lipinski definition) is 8. The van der Waals surface area contributed by atoms with E-state index in [1.54, 1.807) is 6.20 Å². The average molecular weight is 413 g/mol. The van der Waals surface area contributed by atoms with Crippen LogP contribution in [-0.2, 0) is 10.0 Å². The van der Waals surface area contributed by atoms with Gasteiger partial charge >= 0.3 is 0 Å². The summed E-state index contributed by atoms with van der Waals surface area (Å²) in [7, 11) is -3.58. The van der Waals surface area contributed by atoms with Crippen LogP contribution in [0.1, 0.15) is 5.56 Å². The number of anilines is 1. The first-order chi connectivity index (χ1) is 13.6. The molecular weight excluding hydrogens is 396 g/mol. The van der Waals surface area contributed by atoms with Gasteiger partial charge in [-0.25, -0.2) is 8.42 Å². The van der Waals surface area contributed by atoms with Gasteiger partial charge in [0.15, 0.2) is 5.01 Å². The van der Waals surface area contributed by atoms with Crippen LogP contribution >= 0.6 is 11.3 Å². The summed E-state index contributed by atoms with van der Waals surface area (Å²) in [5.41, 5.74) is 1.21. The first-order valence-electron chi connectivity index (χ1n) is 8.58. The van der Waals surface area contributed by atoms with Gasteiger partial charge in [-0.2, -0.15) is 9.57 Å². The van der Waals surface area contributed by atoms with E-state index in [0.717, 1.165) is 15.8 Å². The predicted molar refractivity (Wildman–Crippen MR) is 105 cm³/mol. The average Bonchev–Trinajstić information content (AvgIpc) is 3.25. The molecule has 0 spiro atoms. The molecule has 3 aromatic rings. The molecule has 0 amide bonds. The quantitative estimate of drug-likeness (QED) is 0.645.